The predicted molar refractivity (Wildman–Crippen MR) is 71.5 cm³/mol. The smallest absolute Gasteiger partial charge is 0.238 e. The van der Waals surface area contributed by atoms with E-state index in [0.717, 1.165) is 5.75 Å². The molecule has 0 saturated heterocycles. The van der Waals surface area contributed by atoms with E-state index in [1.807, 2.05) is 17.4 Å². The van der Waals surface area contributed by atoms with Crippen LogP contribution < -0.4 is 4.74 Å². The zero-order chi connectivity index (χ0) is 11.8. The minimum absolute atomic E-state index is 0.221. The van der Waals surface area contributed by atoms with Crippen LogP contribution in [-0.4, -0.2) is 7.11 Å². The van der Waals surface area contributed by atoms with Crippen molar-refractivity contribution < 1.29 is 4.74 Å². The van der Waals surface area contributed by atoms with Gasteiger partial charge in [0, 0.05) is 22.9 Å². The highest BCUT2D eigenvalue weighted by Gasteiger charge is 2.24. The van der Waals surface area contributed by atoms with Crippen LogP contribution in [0.1, 0.15) is 25.6 Å². The van der Waals surface area contributed by atoms with E-state index in [-0.39, 0.29) is 5.41 Å². The van der Waals surface area contributed by atoms with Gasteiger partial charge in [-0.3, -0.25) is 0 Å². The first-order chi connectivity index (χ1) is 7.50. The average molecular weight is 233 g/mol. The summed E-state index contributed by atoms with van der Waals surface area (Å²) in [5, 5.41) is 1.25. The lowest BCUT2D eigenvalue weighted by Crippen LogP contribution is -2.08. The van der Waals surface area contributed by atoms with Gasteiger partial charge in [0.2, 0.25) is 20.9 Å². The predicted octanol–water partition coefficient (Wildman–Crippen LogP) is 4.49. The molecule has 0 spiro atoms. The first-order valence-electron chi connectivity index (χ1n) is 5.42. The van der Waals surface area contributed by atoms with E-state index in [2.05, 4.69) is 45.0 Å². The van der Waals surface area contributed by atoms with Crippen LogP contribution >= 0.6 is 11.3 Å². The fourth-order valence-corrected chi connectivity index (χ4v) is 2.66. The average Bonchev–Trinajstić information content (AvgIpc) is 2.26. The van der Waals surface area contributed by atoms with E-state index in [0.29, 0.717) is 0 Å². The number of methoxy groups -OCH3 is 1. The molecule has 1 aromatic carbocycles. The molecule has 2 heteroatoms. The maximum atomic E-state index is 5.22. The van der Waals surface area contributed by atoms with Gasteiger partial charge in [-0.1, -0.05) is 20.8 Å². The third-order valence-corrected chi connectivity index (χ3v) is 4.15. The molecule has 2 aromatic rings. The van der Waals surface area contributed by atoms with Crippen LogP contribution in [0.3, 0.4) is 0 Å². The fraction of sp³-hybridized carbons (Fsp3) is 0.357. The monoisotopic (exact) mass is 233 g/mol. The Labute approximate surface area is 101 Å². The lowest BCUT2D eigenvalue weighted by Gasteiger charge is -2.10. The van der Waals surface area contributed by atoms with Gasteiger partial charge < -0.3 is 4.74 Å². The van der Waals surface area contributed by atoms with Gasteiger partial charge >= 0.3 is 0 Å². The summed E-state index contributed by atoms with van der Waals surface area (Å²) in [6, 6.07) is 10.6. The van der Waals surface area contributed by atoms with Crippen molar-refractivity contribution in [1.82, 2.24) is 0 Å². The molecular formula is C14H17OS+. The van der Waals surface area contributed by atoms with Crippen molar-refractivity contribution in [3.63, 3.8) is 0 Å². The van der Waals surface area contributed by atoms with E-state index in [1.165, 1.54) is 15.0 Å². The second-order valence-corrected chi connectivity index (χ2v) is 6.04. The van der Waals surface area contributed by atoms with Crippen molar-refractivity contribution in [3.8, 4) is 5.75 Å². The topological polar surface area (TPSA) is 9.23 Å². The number of rotatable bonds is 1. The number of hydrogen-bond acceptors (Lipinski definition) is 1. The van der Waals surface area contributed by atoms with Gasteiger partial charge in [-0.25, -0.2) is 0 Å². The lowest BCUT2D eigenvalue weighted by molar-refractivity contribution is 0.415. The SMILES string of the molecule is COc1ccc2[s+]c(C(C)(C)C)ccc2c1. The quantitative estimate of drug-likeness (QED) is 0.659. The molecule has 0 amide bonds. The highest BCUT2D eigenvalue weighted by molar-refractivity contribution is 7.18. The molecule has 0 atom stereocenters. The molecular weight excluding hydrogens is 216 g/mol. The maximum absolute atomic E-state index is 5.22. The second-order valence-electron chi connectivity index (χ2n) is 4.95. The molecule has 0 N–H and O–H groups in total. The number of ether oxygens (including phenoxy) is 1. The maximum Gasteiger partial charge on any atom is 0.238 e. The summed E-state index contributed by atoms with van der Waals surface area (Å²) < 4.78 is 6.54. The largest absolute Gasteiger partial charge is 0.497 e. The van der Waals surface area contributed by atoms with E-state index < -0.39 is 0 Å². The van der Waals surface area contributed by atoms with E-state index in [4.69, 9.17) is 4.74 Å². The van der Waals surface area contributed by atoms with E-state index in [1.54, 1.807) is 7.11 Å². The Kier molecular flexibility index (Phi) is 2.85. The van der Waals surface area contributed by atoms with E-state index >= 15 is 0 Å². The van der Waals surface area contributed by atoms with Gasteiger partial charge in [-0.15, -0.1) is 0 Å². The van der Waals surface area contributed by atoms with Crippen molar-refractivity contribution >= 4 is 21.4 Å². The van der Waals surface area contributed by atoms with Gasteiger partial charge in [0.1, 0.15) is 5.75 Å². The van der Waals surface area contributed by atoms with Gasteiger partial charge in [0.25, 0.3) is 0 Å². The van der Waals surface area contributed by atoms with Crippen molar-refractivity contribution in [2.75, 3.05) is 7.11 Å². The van der Waals surface area contributed by atoms with Crippen LogP contribution in [0.2, 0.25) is 0 Å². The summed E-state index contributed by atoms with van der Waals surface area (Å²) in [6.45, 7) is 6.73. The highest BCUT2D eigenvalue weighted by atomic mass is 32.1. The van der Waals surface area contributed by atoms with Crippen LogP contribution in [-0.2, 0) is 5.41 Å². The molecule has 0 aliphatic carbocycles. The molecule has 0 bridgehead atoms. The molecule has 0 aliphatic heterocycles. The first kappa shape index (κ1) is 11.3. The van der Waals surface area contributed by atoms with Crippen molar-refractivity contribution in [3.05, 3.63) is 35.2 Å². The van der Waals surface area contributed by atoms with E-state index in [9.17, 15) is 0 Å². The van der Waals surface area contributed by atoms with Crippen LogP contribution in [0.4, 0.5) is 0 Å². The Balaban J connectivity index is 2.56. The second kappa shape index (κ2) is 4.02. The Morgan fingerprint density at radius 3 is 2.44 bits per heavy atom. The van der Waals surface area contributed by atoms with Crippen LogP contribution in [0.5, 0.6) is 5.75 Å². The molecule has 1 nitrogen and oxygen atoms in total. The van der Waals surface area contributed by atoms with Crippen LogP contribution in [0, 0.1) is 0 Å². The molecule has 0 fully saturated rings. The number of benzene rings is 1. The minimum Gasteiger partial charge on any atom is -0.497 e. The normalized spacial score (nSPS) is 11.8. The summed E-state index contributed by atoms with van der Waals surface area (Å²) >= 11 is 1.86. The highest BCUT2D eigenvalue weighted by Crippen LogP contribution is 2.32. The van der Waals surface area contributed by atoms with Gasteiger partial charge in [-0.2, -0.15) is 0 Å². The summed E-state index contributed by atoms with van der Waals surface area (Å²) in [5.41, 5.74) is 0.221. The summed E-state index contributed by atoms with van der Waals surface area (Å²) in [7, 11) is 1.70. The standard InChI is InChI=1S/C14H17OS/c1-14(2,3)13-8-5-10-9-11(15-4)6-7-12(10)16-13/h5-9H,1-4H3/q+1. The Morgan fingerprint density at radius 2 is 1.81 bits per heavy atom. The van der Waals surface area contributed by atoms with Crippen molar-refractivity contribution in [2.45, 2.75) is 26.2 Å². The molecule has 16 heavy (non-hydrogen) atoms. The molecule has 0 radical (unpaired) electrons. The van der Waals surface area contributed by atoms with Crippen molar-refractivity contribution in [2.24, 2.45) is 0 Å². The Bertz CT molecular complexity index is 512. The van der Waals surface area contributed by atoms with Crippen molar-refractivity contribution in [1.29, 1.82) is 0 Å². The minimum atomic E-state index is 0.221. The molecule has 1 aromatic heterocycles. The van der Waals surface area contributed by atoms with Gasteiger partial charge in [0.15, 0.2) is 0 Å². The molecule has 0 unspecified atom stereocenters. The zero-order valence-corrected chi connectivity index (χ0v) is 11.0. The molecule has 0 aliphatic rings. The number of fused-ring (bicyclic) bond motifs is 1. The molecule has 0 saturated carbocycles. The summed E-state index contributed by atoms with van der Waals surface area (Å²) in [4.78, 5) is 1.41. The van der Waals surface area contributed by atoms with Gasteiger partial charge in [0.05, 0.1) is 7.11 Å². The summed E-state index contributed by atoms with van der Waals surface area (Å²) in [6.07, 6.45) is 0. The zero-order valence-electron chi connectivity index (χ0n) is 10.2. The lowest BCUT2D eigenvalue weighted by atomic mass is 9.94. The molecule has 1 heterocycles. The molecule has 84 valence electrons. The Hall–Kier alpha value is -1.15. The van der Waals surface area contributed by atoms with Crippen LogP contribution in [0.15, 0.2) is 30.3 Å². The first-order valence-corrected chi connectivity index (χ1v) is 6.24. The van der Waals surface area contributed by atoms with Crippen LogP contribution in [0.25, 0.3) is 10.1 Å². The van der Waals surface area contributed by atoms with Gasteiger partial charge in [-0.05, 0) is 18.2 Å². The molecule has 2 rings (SSSR count). The third kappa shape index (κ3) is 2.17. The summed E-state index contributed by atoms with van der Waals surface area (Å²) in [5.74, 6) is 0.920. The third-order valence-electron chi connectivity index (χ3n) is 2.59. The number of hydrogen-bond donors (Lipinski definition) is 0. The fourth-order valence-electron chi connectivity index (χ4n) is 1.60. The Morgan fingerprint density at radius 1 is 1.06 bits per heavy atom.